The van der Waals surface area contributed by atoms with Crippen LogP contribution in [0.4, 0.5) is 0 Å². The van der Waals surface area contributed by atoms with Gasteiger partial charge in [0.25, 0.3) is 23.6 Å². The number of carbonyl (C=O) groups excluding carboxylic acids is 4. The highest BCUT2D eigenvalue weighted by Crippen LogP contribution is 2.22. The Labute approximate surface area is 172 Å². The van der Waals surface area contributed by atoms with Gasteiger partial charge < -0.3 is 9.80 Å². The summed E-state index contributed by atoms with van der Waals surface area (Å²) in [5, 5.41) is 22.6. The van der Waals surface area contributed by atoms with Crippen molar-refractivity contribution >= 4 is 23.6 Å². The first-order valence-electron chi connectivity index (χ1n) is 9.12. The van der Waals surface area contributed by atoms with Crippen LogP contribution in [0.15, 0.2) is 45.8 Å². The van der Waals surface area contributed by atoms with Crippen molar-refractivity contribution in [2.24, 2.45) is 0 Å². The summed E-state index contributed by atoms with van der Waals surface area (Å²) in [5.41, 5.74) is 1.03. The van der Waals surface area contributed by atoms with E-state index in [2.05, 4.69) is 10.6 Å². The van der Waals surface area contributed by atoms with Crippen LogP contribution in [0.25, 0.3) is 0 Å². The second-order valence-electron chi connectivity index (χ2n) is 6.95. The lowest BCUT2D eigenvalue weighted by atomic mass is 9.97. The number of rotatable bonds is 2. The average Bonchev–Trinajstić information content (AvgIpc) is 2.70. The molecule has 0 saturated carbocycles. The zero-order valence-electron chi connectivity index (χ0n) is 16.4. The smallest absolute Gasteiger partial charge is 0.269 e. The van der Waals surface area contributed by atoms with E-state index in [1.165, 1.54) is 0 Å². The molecule has 0 aromatic rings. The van der Waals surface area contributed by atoms with E-state index in [0.29, 0.717) is 37.3 Å². The van der Waals surface area contributed by atoms with Gasteiger partial charge in [-0.05, 0) is 25.0 Å². The highest BCUT2D eigenvalue weighted by atomic mass is 16.2. The molecule has 0 aliphatic carbocycles. The molecule has 0 radical (unpaired) electrons. The van der Waals surface area contributed by atoms with Crippen molar-refractivity contribution in [3.8, 4) is 12.1 Å². The summed E-state index contributed by atoms with van der Waals surface area (Å²) in [6.07, 6.45) is 3.26. The van der Waals surface area contributed by atoms with Gasteiger partial charge in [0.2, 0.25) is 0 Å². The third-order valence-electron chi connectivity index (χ3n) is 5.15. The van der Waals surface area contributed by atoms with E-state index in [9.17, 15) is 19.2 Å². The highest BCUT2D eigenvalue weighted by molar-refractivity contribution is 6.18. The molecule has 0 bridgehead atoms. The van der Waals surface area contributed by atoms with Crippen molar-refractivity contribution in [2.75, 3.05) is 26.2 Å². The van der Waals surface area contributed by atoms with Gasteiger partial charge in [-0.25, -0.2) is 0 Å². The van der Waals surface area contributed by atoms with Crippen LogP contribution in [0.1, 0.15) is 13.8 Å². The minimum Gasteiger partial charge on any atom is -0.373 e. The van der Waals surface area contributed by atoms with Crippen molar-refractivity contribution < 1.29 is 19.2 Å². The monoisotopic (exact) mass is 406 g/mol. The maximum Gasteiger partial charge on any atom is 0.269 e. The Balaban J connectivity index is 1.76. The predicted molar refractivity (Wildman–Crippen MR) is 102 cm³/mol. The lowest BCUT2D eigenvalue weighted by Crippen LogP contribution is -2.44. The van der Waals surface area contributed by atoms with Gasteiger partial charge in [-0.3, -0.25) is 29.8 Å². The molecular weight excluding hydrogens is 388 g/mol. The van der Waals surface area contributed by atoms with Gasteiger partial charge in [0.05, 0.1) is 11.1 Å². The first kappa shape index (κ1) is 20.6. The van der Waals surface area contributed by atoms with Crippen LogP contribution in [0.2, 0.25) is 0 Å². The van der Waals surface area contributed by atoms with Gasteiger partial charge in [-0.1, -0.05) is 0 Å². The molecule has 0 aromatic carbocycles. The highest BCUT2D eigenvalue weighted by Gasteiger charge is 2.30. The molecule has 0 atom stereocenters. The van der Waals surface area contributed by atoms with Crippen molar-refractivity contribution in [2.45, 2.75) is 13.8 Å². The molecule has 3 aliphatic heterocycles. The van der Waals surface area contributed by atoms with E-state index < -0.39 is 23.6 Å². The quantitative estimate of drug-likeness (QED) is 0.455. The van der Waals surface area contributed by atoms with Gasteiger partial charge in [0.15, 0.2) is 0 Å². The Hall–Kier alpha value is -4.18. The number of piperazine rings is 1. The minimum absolute atomic E-state index is 0.0855. The maximum atomic E-state index is 12.1. The van der Waals surface area contributed by atoms with E-state index in [0.717, 1.165) is 0 Å². The molecule has 30 heavy (non-hydrogen) atoms. The maximum absolute atomic E-state index is 12.1. The zero-order valence-corrected chi connectivity index (χ0v) is 16.4. The Morgan fingerprint density at radius 1 is 0.700 bits per heavy atom. The molecule has 3 rings (SSSR count). The topological polar surface area (TPSA) is 146 Å². The molecule has 0 aromatic heterocycles. The lowest BCUT2D eigenvalue weighted by Gasteiger charge is -2.35. The molecule has 10 heteroatoms. The van der Waals surface area contributed by atoms with E-state index in [1.807, 2.05) is 21.9 Å². The summed E-state index contributed by atoms with van der Waals surface area (Å²) in [5.74, 6) is -2.49. The van der Waals surface area contributed by atoms with E-state index in [1.54, 1.807) is 26.2 Å². The van der Waals surface area contributed by atoms with Crippen LogP contribution in [-0.4, -0.2) is 59.6 Å². The number of nitrogens with zero attached hydrogens (tertiary/aromatic N) is 4. The number of nitriles is 2. The van der Waals surface area contributed by atoms with Crippen LogP contribution < -0.4 is 10.6 Å². The summed E-state index contributed by atoms with van der Waals surface area (Å²) >= 11 is 0. The Morgan fingerprint density at radius 2 is 1.03 bits per heavy atom. The first-order chi connectivity index (χ1) is 14.3. The normalized spacial score (nSPS) is 22.9. The number of imide groups is 2. The number of amides is 4. The Kier molecular flexibility index (Phi) is 5.52. The predicted octanol–water partition coefficient (Wildman–Crippen LogP) is -0.635. The number of nitrogens with one attached hydrogen (secondary N) is 2. The zero-order chi connectivity index (χ0) is 22.0. The van der Waals surface area contributed by atoms with E-state index >= 15 is 0 Å². The van der Waals surface area contributed by atoms with Crippen molar-refractivity contribution in [1.29, 1.82) is 10.5 Å². The van der Waals surface area contributed by atoms with Crippen LogP contribution in [0.3, 0.4) is 0 Å². The third-order valence-corrected chi connectivity index (χ3v) is 5.15. The Bertz CT molecular complexity index is 986. The second kappa shape index (κ2) is 8.05. The van der Waals surface area contributed by atoms with Crippen molar-refractivity contribution in [3.05, 3.63) is 45.8 Å². The summed E-state index contributed by atoms with van der Waals surface area (Å²) < 4.78 is 0. The van der Waals surface area contributed by atoms with Crippen LogP contribution in [-0.2, 0) is 19.2 Å². The molecular formula is C20H18N6O4. The minimum atomic E-state index is -0.696. The van der Waals surface area contributed by atoms with Crippen LogP contribution in [0, 0.1) is 22.7 Å². The SMILES string of the molecule is CC1=C(C#N)C(=O)NC(=O)C1=CN1CCN(C=C2C(=O)NC(=O)C(C#N)=C2C)CC1. The van der Waals surface area contributed by atoms with Crippen molar-refractivity contribution in [3.63, 3.8) is 0 Å². The molecule has 3 heterocycles. The van der Waals surface area contributed by atoms with E-state index in [-0.39, 0.29) is 22.3 Å². The molecule has 3 aliphatic rings. The molecule has 1 fully saturated rings. The first-order valence-corrected chi connectivity index (χ1v) is 9.12. The molecule has 10 nitrogen and oxygen atoms in total. The second-order valence-corrected chi connectivity index (χ2v) is 6.95. The number of hydrogen-bond donors (Lipinski definition) is 2. The van der Waals surface area contributed by atoms with Gasteiger partial charge in [-0.2, -0.15) is 10.5 Å². The summed E-state index contributed by atoms with van der Waals surface area (Å²) in [6, 6.07) is 3.63. The molecule has 1 saturated heterocycles. The Morgan fingerprint density at radius 3 is 1.33 bits per heavy atom. The molecule has 4 amide bonds. The number of hydrogen-bond acceptors (Lipinski definition) is 8. The molecule has 0 unspecified atom stereocenters. The largest absolute Gasteiger partial charge is 0.373 e. The standard InChI is InChI=1S/C20H18N6O4/c1-11-13(7-21)17(27)23-19(29)15(11)9-25-3-5-26(6-4-25)10-16-12(2)14(8-22)18(28)24-20(16)30/h9-10H,3-6H2,1-2H3,(H,23,27,29)(H,24,28,30). The summed E-state index contributed by atoms with van der Waals surface area (Å²) in [7, 11) is 0. The fourth-order valence-electron chi connectivity index (χ4n) is 3.36. The van der Waals surface area contributed by atoms with Gasteiger partial charge in [0, 0.05) is 38.6 Å². The summed E-state index contributed by atoms with van der Waals surface area (Å²) in [6.45, 7) is 5.23. The van der Waals surface area contributed by atoms with E-state index in [4.69, 9.17) is 10.5 Å². The number of carbonyl (C=O) groups is 4. The molecule has 152 valence electrons. The fourth-order valence-corrected chi connectivity index (χ4v) is 3.36. The van der Waals surface area contributed by atoms with Crippen LogP contribution in [0.5, 0.6) is 0 Å². The van der Waals surface area contributed by atoms with Crippen molar-refractivity contribution in [1.82, 2.24) is 20.4 Å². The third kappa shape index (κ3) is 3.71. The van der Waals surface area contributed by atoms with Gasteiger partial charge >= 0.3 is 0 Å². The van der Waals surface area contributed by atoms with Crippen LogP contribution >= 0.6 is 0 Å². The average molecular weight is 406 g/mol. The molecule has 0 spiro atoms. The lowest BCUT2D eigenvalue weighted by molar-refractivity contribution is -0.128. The summed E-state index contributed by atoms with van der Waals surface area (Å²) in [4.78, 5) is 51.5. The fraction of sp³-hybridized carbons (Fsp3) is 0.300. The van der Waals surface area contributed by atoms with Gasteiger partial charge in [-0.15, -0.1) is 0 Å². The van der Waals surface area contributed by atoms with Gasteiger partial charge in [0.1, 0.15) is 23.3 Å². The molecule has 2 N–H and O–H groups in total.